The number of aromatic amines is 1. The quantitative estimate of drug-likeness (QED) is 0.604. The second-order valence-electron chi connectivity index (χ2n) is 0.885. The molecule has 0 bridgehead atoms. The molecule has 0 atom stereocenters. The minimum absolute atomic E-state index is 0. The number of nitrogens with one attached hydrogen (secondary N) is 1. The monoisotopic (exact) mass is 204 g/mol. The summed E-state index contributed by atoms with van der Waals surface area (Å²) in [5.74, 6) is 0. The first kappa shape index (κ1) is 16.3. The number of aromatic nitrogens is 1. The Balaban J connectivity index is -0.0000000836. The van der Waals surface area contributed by atoms with Crippen molar-refractivity contribution < 1.29 is 36.3 Å². The van der Waals surface area contributed by atoms with Crippen LogP contribution >= 0.6 is 0 Å². The molecule has 0 saturated carbocycles. The number of hydrogen-bond acceptors (Lipinski definition) is 1. The predicted molar refractivity (Wildman–Crippen MR) is 28.6 cm³/mol. The standard InChI is InChI=1S/C4H5N.Li.Mn.Ni.O.H/c1-2-4-5-3-1;;;;;/h1-5H;;;;;. The summed E-state index contributed by atoms with van der Waals surface area (Å²) in [7, 11) is 0. The first-order chi connectivity index (χ1) is 3.50. The van der Waals surface area contributed by atoms with Crippen molar-refractivity contribution in [2.75, 3.05) is 0 Å². The summed E-state index contributed by atoms with van der Waals surface area (Å²) >= 11 is 1.69. The average Bonchev–Trinajstić information content (AvgIpc) is 2.23. The van der Waals surface area contributed by atoms with E-state index in [9.17, 15) is 0 Å². The van der Waals surface area contributed by atoms with E-state index in [2.05, 4.69) is 4.98 Å². The van der Waals surface area contributed by atoms with Gasteiger partial charge in [-0.25, -0.2) is 0 Å². The minimum Gasteiger partial charge on any atom is -0.368 e. The maximum Gasteiger partial charge on any atom is 0.000496 e. The zero-order valence-corrected chi connectivity index (χ0v) is 6.08. The van der Waals surface area contributed by atoms with Gasteiger partial charge in [0, 0.05) is 28.9 Å². The molecule has 0 aliphatic rings. The molecule has 0 saturated heterocycles. The third kappa shape index (κ3) is 12.0. The third-order valence-electron chi connectivity index (χ3n) is 0.496. The van der Waals surface area contributed by atoms with Gasteiger partial charge in [-0.05, 0) is 12.1 Å². The molecule has 1 aromatic rings. The van der Waals surface area contributed by atoms with Crippen LogP contribution in [0, 0.1) is 0 Å². The van der Waals surface area contributed by atoms with Gasteiger partial charge in [0.2, 0.25) is 0 Å². The van der Waals surface area contributed by atoms with Crippen molar-refractivity contribution in [2.45, 2.75) is 0 Å². The van der Waals surface area contributed by atoms with Crippen LogP contribution in [0.5, 0.6) is 0 Å². The smallest absolute Gasteiger partial charge is 0.000496 e. The first-order valence-electron chi connectivity index (χ1n) is 1.73. The fourth-order valence-corrected chi connectivity index (χ4v) is 0.278. The van der Waals surface area contributed by atoms with Crippen molar-refractivity contribution in [3.05, 3.63) is 24.5 Å². The molecule has 9 heavy (non-hydrogen) atoms. The van der Waals surface area contributed by atoms with Gasteiger partial charge in [-0.2, -0.15) is 0 Å². The van der Waals surface area contributed by atoms with Gasteiger partial charge in [0.15, 0.2) is 0 Å². The predicted octanol–water partition coefficient (Wildman–Crippen LogP) is 0.242. The Bertz CT molecular complexity index is 87.5. The largest absolute Gasteiger partial charge is 0.368 e. The maximum absolute atomic E-state index is 8.06. The number of hydrogen-bond donors (Lipinski definition) is 1. The molecule has 1 aromatic heterocycles. The Morgan fingerprint density at radius 3 is 1.56 bits per heavy atom. The van der Waals surface area contributed by atoms with Gasteiger partial charge >= 0.3 is 38.6 Å². The van der Waals surface area contributed by atoms with E-state index in [-0.39, 0.29) is 35.4 Å². The Morgan fingerprint density at radius 1 is 1.11 bits per heavy atom. The van der Waals surface area contributed by atoms with Crippen molar-refractivity contribution in [3.63, 3.8) is 0 Å². The normalized spacial score (nSPS) is 4.89. The van der Waals surface area contributed by atoms with E-state index in [0.29, 0.717) is 0 Å². The molecule has 2 nitrogen and oxygen atoms in total. The minimum atomic E-state index is 0. The van der Waals surface area contributed by atoms with E-state index in [1.165, 1.54) is 0 Å². The van der Waals surface area contributed by atoms with Crippen molar-refractivity contribution in [1.29, 1.82) is 0 Å². The molecule has 1 heterocycles. The summed E-state index contributed by atoms with van der Waals surface area (Å²) in [4.78, 5) is 2.86. The van der Waals surface area contributed by atoms with Gasteiger partial charge in [-0.3, -0.25) is 0 Å². The fourth-order valence-electron chi connectivity index (χ4n) is 0.278. The van der Waals surface area contributed by atoms with Gasteiger partial charge < -0.3 is 4.98 Å². The van der Waals surface area contributed by atoms with Gasteiger partial charge in [0.25, 0.3) is 0 Å². The van der Waals surface area contributed by atoms with Gasteiger partial charge in [0.05, 0.1) is 0 Å². The Hall–Kier alpha value is 0.690. The Morgan fingerprint density at radius 2 is 1.44 bits per heavy atom. The van der Waals surface area contributed by atoms with Crippen LogP contribution in [-0.2, 0) is 36.3 Å². The molecule has 0 unspecified atom stereocenters. The molecule has 1 rings (SSSR count). The van der Waals surface area contributed by atoms with Crippen LogP contribution in [0.3, 0.4) is 0 Å². The Labute approximate surface area is 84.3 Å². The molecule has 5 heteroatoms. The molecule has 0 amide bonds. The first-order valence-corrected chi connectivity index (χ1v) is 2.21. The van der Waals surface area contributed by atoms with Gasteiger partial charge in [-0.15, -0.1) is 0 Å². The molecule has 1 N–H and O–H groups in total. The van der Waals surface area contributed by atoms with Crippen LogP contribution in [-0.4, -0.2) is 23.8 Å². The zero-order chi connectivity index (χ0) is 5.54. The molecule has 51 valence electrons. The second kappa shape index (κ2) is 15.9. The summed E-state index contributed by atoms with van der Waals surface area (Å²) in [6, 6.07) is 3.89. The summed E-state index contributed by atoms with van der Waals surface area (Å²) in [5, 5.41) is 0. The summed E-state index contributed by atoms with van der Waals surface area (Å²) in [5.41, 5.74) is 0. The van der Waals surface area contributed by atoms with Crippen LogP contribution < -0.4 is 0 Å². The molecular formula is C4H6LiMnNNiO. The van der Waals surface area contributed by atoms with Crippen molar-refractivity contribution >= 4 is 18.9 Å². The number of rotatable bonds is 0. The van der Waals surface area contributed by atoms with Crippen LogP contribution in [0.1, 0.15) is 0 Å². The molecule has 0 aliphatic heterocycles. The van der Waals surface area contributed by atoms with Gasteiger partial charge in [0.1, 0.15) is 0 Å². The number of H-pyrrole nitrogens is 1. The second-order valence-corrected chi connectivity index (χ2v) is 0.885. The average molecular weight is 205 g/mol. The summed E-state index contributed by atoms with van der Waals surface area (Å²) in [6.07, 6.45) is 3.75. The van der Waals surface area contributed by atoms with Crippen molar-refractivity contribution in [1.82, 2.24) is 4.98 Å². The Kier molecular flexibility index (Phi) is 28.8. The summed E-state index contributed by atoms with van der Waals surface area (Å²) in [6.45, 7) is 0. The molecule has 0 aromatic carbocycles. The molecule has 0 aliphatic carbocycles. The van der Waals surface area contributed by atoms with Crippen molar-refractivity contribution in [3.8, 4) is 0 Å². The zero-order valence-electron chi connectivity index (χ0n) is 3.91. The van der Waals surface area contributed by atoms with E-state index in [0.717, 1.165) is 0 Å². The summed E-state index contributed by atoms with van der Waals surface area (Å²) < 4.78 is 8.06. The topological polar surface area (TPSA) is 32.9 Å². The third-order valence-corrected chi connectivity index (χ3v) is 0.496. The molecule has 0 spiro atoms. The fraction of sp³-hybridized carbons (Fsp3) is 0. The maximum atomic E-state index is 8.06. The van der Waals surface area contributed by atoms with Gasteiger partial charge in [-0.1, -0.05) is 0 Å². The molecular weight excluding hydrogens is 199 g/mol. The van der Waals surface area contributed by atoms with E-state index in [1.54, 1.807) is 15.9 Å². The van der Waals surface area contributed by atoms with E-state index in [4.69, 9.17) is 3.83 Å². The SMILES string of the molecule is [LiH].[Ni].[O]=[Mn].c1cc[nH]c1. The van der Waals surface area contributed by atoms with E-state index in [1.807, 2.05) is 24.5 Å². The van der Waals surface area contributed by atoms with Crippen LogP contribution in [0.2, 0.25) is 0 Å². The van der Waals surface area contributed by atoms with E-state index >= 15 is 0 Å². The molecule has 0 fully saturated rings. The molecule has 0 radical (unpaired) electrons. The van der Waals surface area contributed by atoms with Crippen LogP contribution in [0.4, 0.5) is 0 Å². The van der Waals surface area contributed by atoms with Crippen LogP contribution in [0.25, 0.3) is 0 Å². The van der Waals surface area contributed by atoms with Crippen LogP contribution in [0.15, 0.2) is 24.5 Å². The van der Waals surface area contributed by atoms with Crippen molar-refractivity contribution in [2.24, 2.45) is 0 Å². The van der Waals surface area contributed by atoms with E-state index < -0.39 is 0 Å².